The second-order valence-corrected chi connectivity index (χ2v) is 8.63. The van der Waals surface area contributed by atoms with Crippen LogP contribution in [-0.4, -0.2) is 35.7 Å². The molecular formula is C21H17F2NO2S2. The van der Waals surface area contributed by atoms with Gasteiger partial charge in [0.1, 0.15) is 0 Å². The van der Waals surface area contributed by atoms with Crippen molar-refractivity contribution >= 4 is 34.1 Å². The fraction of sp³-hybridized carbons (Fsp3) is 0.190. The van der Waals surface area contributed by atoms with Gasteiger partial charge in [-0.2, -0.15) is 11.8 Å². The van der Waals surface area contributed by atoms with E-state index in [2.05, 4.69) is 4.90 Å². The third-order valence-corrected chi connectivity index (χ3v) is 6.86. The molecule has 0 saturated carbocycles. The smallest absolute Gasteiger partial charge is 0.336 e. The zero-order valence-corrected chi connectivity index (χ0v) is 16.5. The van der Waals surface area contributed by atoms with Gasteiger partial charge >= 0.3 is 5.97 Å². The zero-order chi connectivity index (χ0) is 19.7. The van der Waals surface area contributed by atoms with Crippen molar-refractivity contribution in [3.05, 3.63) is 65.7 Å². The van der Waals surface area contributed by atoms with Gasteiger partial charge in [0.15, 0.2) is 11.6 Å². The molecule has 3 aromatic rings. The van der Waals surface area contributed by atoms with E-state index >= 15 is 0 Å². The van der Waals surface area contributed by atoms with Crippen molar-refractivity contribution in [3.8, 4) is 21.6 Å². The zero-order valence-electron chi connectivity index (χ0n) is 14.8. The normalized spacial score (nSPS) is 14.3. The fourth-order valence-electron chi connectivity index (χ4n) is 3.30. The lowest BCUT2D eigenvalue weighted by molar-refractivity contribution is 0.0698. The second-order valence-electron chi connectivity index (χ2n) is 6.38. The summed E-state index contributed by atoms with van der Waals surface area (Å²) in [5.74, 6) is -0.886. The molecule has 0 aliphatic carbocycles. The Labute approximate surface area is 169 Å². The van der Waals surface area contributed by atoms with Crippen molar-refractivity contribution in [1.82, 2.24) is 0 Å². The van der Waals surface area contributed by atoms with Crippen molar-refractivity contribution in [2.75, 3.05) is 29.5 Å². The summed E-state index contributed by atoms with van der Waals surface area (Å²) in [6, 6.07) is 12.6. The highest BCUT2D eigenvalue weighted by Crippen LogP contribution is 2.45. The molecule has 2 heterocycles. The van der Waals surface area contributed by atoms with Crippen molar-refractivity contribution < 1.29 is 18.7 Å². The number of thiophene rings is 1. The SMILES string of the molecule is O=C(O)c1ccccc1-c1sc(N2CCSCC2)cc1-c1cccc(F)c1F. The summed E-state index contributed by atoms with van der Waals surface area (Å²) in [7, 11) is 0. The number of nitrogens with zero attached hydrogens (tertiary/aromatic N) is 1. The van der Waals surface area contributed by atoms with Crippen molar-refractivity contribution in [3.63, 3.8) is 0 Å². The van der Waals surface area contributed by atoms with Gasteiger partial charge in [-0.15, -0.1) is 11.3 Å². The molecule has 0 amide bonds. The maximum atomic E-state index is 14.6. The van der Waals surface area contributed by atoms with Crippen molar-refractivity contribution in [1.29, 1.82) is 0 Å². The van der Waals surface area contributed by atoms with Crippen LogP contribution in [0.2, 0.25) is 0 Å². The van der Waals surface area contributed by atoms with E-state index in [1.165, 1.54) is 29.5 Å². The molecule has 144 valence electrons. The van der Waals surface area contributed by atoms with Gasteiger partial charge in [-0.3, -0.25) is 0 Å². The molecule has 0 radical (unpaired) electrons. The lowest BCUT2D eigenvalue weighted by atomic mass is 9.98. The molecule has 0 atom stereocenters. The Balaban J connectivity index is 1.93. The fourth-order valence-corrected chi connectivity index (χ4v) is 5.46. The lowest BCUT2D eigenvalue weighted by Gasteiger charge is -2.26. The topological polar surface area (TPSA) is 40.5 Å². The minimum Gasteiger partial charge on any atom is -0.478 e. The number of hydrogen-bond donors (Lipinski definition) is 1. The summed E-state index contributed by atoms with van der Waals surface area (Å²) in [5.41, 5.74) is 1.31. The Morgan fingerprint density at radius 3 is 2.43 bits per heavy atom. The average molecular weight is 418 g/mol. The molecule has 0 bridgehead atoms. The number of anilines is 1. The van der Waals surface area contributed by atoms with Gasteiger partial charge in [-0.25, -0.2) is 13.6 Å². The van der Waals surface area contributed by atoms with Crippen LogP contribution in [0.3, 0.4) is 0 Å². The number of benzene rings is 2. The maximum Gasteiger partial charge on any atom is 0.336 e. The quantitative estimate of drug-likeness (QED) is 0.599. The highest BCUT2D eigenvalue weighted by atomic mass is 32.2. The van der Waals surface area contributed by atoms with Gasteiger partial charge in [0, 0.05) is 46.2 Å². The van der Waals surface area contributed by atoms with Crippen LogP contribution in [0.4, 0.5) is 13.8 Å². The maximum absolute atomic E-state index is 14.6. The van der Waals surface area contributed by atoms with E-state index < -0.39 is 17.6 Å². The Kier molecular flexibility index (Phi) is 5.37. The van der Waals surface area contributed by atoms with Gasteiger partial charge in [-0.05, 0) is 18.2 Å². The third kappa shape index (κ3) is 3.52. The van der Waals surface area contributed by atoms with E-state index in [4.69, 9.17) is 0 Å². The highest BCUT2D eigenvalue weighted by molar-refractivity contribution is 7.99. The third-order valence-electron chi connectivity index (χ3n) is 4.69. The number of aromatic carboxylic acids is 1. The van der Waals surface area contributed by atoms with E-state index in [1.54, 1.807) is 18.2 Å². The molecule has 3 nitrogen and oxygen atoms in total. The first-order valence-corrected chi connectivity index (χ1v) is 10.8. The average Bonchev–Trinajstić information content (AvgIpc) is 3.16. The molecule has 1 saturated heterocycles. The van der Waals surface area contributed by atoms with Crippen LogP contribution in [0.1, 0.15) is 10.4 Å². The Hall–Kier alpha value is -2.38. The van der Waals surface area contributed by atoms with E-state index in [9.17, 15) is 18.7 Å². The molecule has 1 aliphatic rings. The van der Waals surface area contributed by atoms with Crippen LogP contribution >= 0.6 is 23.1 Å². The lowest BCUT2D eigenvalue weighted by Crippen LogP contribution is -2.31. The number of thioether (sulfide) groups is 1. The standard InChI is InChI=1S/C21H17F2NO2S2/c22-17-7-3-6-13(19(17)23)16-12-18(24-8-10-27-11-9-24)28-20(16)14-4-1-2-5-15(14)21(25)26/h1-7,12H,8-11H2,(H,25,26). The summed E-state index contributed by atoms with van der Waals surface area (Å²) in [5, 5.41) is 10.5. The first kappa shape index (κ1) is 19.0. The molecule has 1 aromatic heterocycles. The van der Waals surface area contributed by atoms with Crippen LogP contribution in [0.25, 0.3) is 21.6 Å². The molecule has 4 rings (SSSR count). The minimum atomic E-state index is -1.05. The molecule has 7 heteroatoms. The first-order chi connectivity index (χ1) is 13.6. The number of rotatable bonds is 4. The number of carbonyl (C=O) groups is 1. The largest absolute Gasteiger partial charge is 0.478 e. The molecule has 1 N–H and O–H groups in total. The predicted molar refractivity (Wildman–Crippen MR) is 112 cm³/mol. The van der Waals surface area contributed by atoms with Gasteiger partial charge in [0.2, 0.25) is 0 Å². The van der Waals surface area contributed by atoms with E-state index in [0.717, 1.165) is 35.7 Å². The highest BCUT2D eigenvalue weighted by Gasteiger charge is 2.23. The Morgan fingerprint density at radius 2 is 1.68 bits per heavy atom. The van der Waals surface area contributed by atoms with Crippen LogP contribution < -0.4 is 4.90 Å². The van der Waals surface area contributed by atoms with Crippen LogP contribution in [0, 0.1) is 11.6 Å². The number of halogens is 2. The summed E-state index contributed by atoms with van der Waals surface area (Å²) < 4.78 is 28.5. The van der Waals surface area contributed by atoms with E-state index in [0.29, 0.717) is 16.0 Å². The van der Waals surface area contributed by atoms with Crippen molar-refractivity contribution in [2.45, 2.75) is 0 Å². The van der Waals surface area contributed by atoms with E-state index in [1.807, 2.05) is 17.8 Å². The molecule has 1 fully saturated rings. The summed E-state index contributed by atoms with van der Waals surface area (Å²) >= 11 is 3.31. The molecule has 0 spiro atoms. The van der Waals surface area contributed by atoms with Crippen LogP contribution in [0.5, 0.6) is 0 Å². The summed E-state index contributed by atoms with van der Waals surface area (Å²) in [4.78, 5) is 14.6. The number of hydrogen-bond acceptors (Lipinski definition) is 4. The van der Waals surface area contributed by atoms with E-state index in [-0.39, 0.29) is 11.1 Å². The second kappa shape index (κ2) is 7.93. The van der Waals surface area contributed by atoms with Gasteiger partial charge < -0.3 is 10.0 Å². The molecule has 28 heavy (non-hydrogen) atoms. The van der Waals surface area contributed by atoms with Crippen LogP contribution in [0.15, 0.2) is 48.5 Å². The van der Waals surface area contributed by atoms with Gasteiger partial charge in [-0.1, -0.05) is 30.3 Å². The molecule has 0 unspecified atom stereocenters. The molecular weight excluding hydrogens is 400 g/mol. The van der Waals surface area contributed by atoms with Gasteiger partial charge in [0.05, 0.1) is 10.6 Å². The van der Waals surface area contributed by atoms with Gasteiger partial charge in [0.25, 0.3) is 0 Å². The Bertz CT molecular complexity index is 1030. The minimum absolute atomic E-state index is 0.142. The van der Waals surface area contributed by atoms with Crippen molar-refractivity contribution in [2.24, 2.45) is 0 Å². The number of carboxylic acids is 1. The van der Waals surface area contributed by atoms with Crippen LogP contribution in [-0.2, 0) is 0 Å². The monoisotopic (exact) mass is 417 g/mol. The number of carboxylic acid groups (broad SMARTS) is 1. The first-order valence-electron chi connectivity index (χ1n) is 8.80. The Morgan fingerprint density at radius 1 is 0.964 bits per heavy atom. The predicted octanol–water partition coefficient (Wildman–Crippen LogP) is 5.61. The summed E-state index contributed by atoms with van der Waals surface area (Å²) in [6.45, 7) is 1.74. The summed E-state index contributed by atoms with van der Waals surface area (Å²) in [6.07, 6.45) is 0. The molecule has 2 aromatic carbocycles. The molecule has 1 aliphatic heterocycles.